The summed E-state index contributed by atoms with van der Waals surface area (Å²) in [6.07, 6.45) is 7.82. The van der Waals surface area contributed by atoms with Crippen molar-refractivity contribution in [3.05, 3.63) is 35.2 Å². The van der Waals surface area contributed by atoms with Gasteiger partial charge in [-0.2, -0.15) is 0 Å². The van der Waals surface area contributed by atoms with Crippen LogP contribution in [0.25, 0.3) is 0 Å². The lowest BCUT2D eigenvalue weighted by atomic mass is 9.98. The maximum Gasteiger partial charge on any atom is 0.225 e. The molecule has 1 aromatic heterocycles. The molecule has 7 heteroatoms. The van der Waals surface area contributed by atoms with Gasteiger partial charge in [0.2, 0.25) is 11.7 Å². The van der Waals surface area contributed by atoms with Crippen molar-refractivity contribution in [2.45, 2.75) is 50.7 Å². The van der Waals surface area contributed by atoms with Gasteiger partial charge in [-0.1, -0.05) is 0 Å². The van der Waals surface area contributed by atoms with E-state index >= 15 is 0 Å². The molecule has 7 nitrogen and oxygen atoms in total. The molecule has 2 atom stereocenters. The summed E-state index contributed by atoms with van der Waals surface area (Å²) >= 11 is 0. The molecule has 29 heavy (non-hydrogen) atoms. The van der Waals surface area contributed by atoms with Gasteiger partial charge in [0.05, 0.1) is 19.9 Å². The zero-order valence-electron chi connectivity index (χ0n) is 17.1. The largest absolute Gasteiger partial charge is 0.502 e. The summed E-state index contributed by atoms with van der Waals surface area (Å²) in [4.78, 5) is 14.5. The van der Waals surface area contributed by atoms with Crippen LogP contribution in [0.1, 0.15) is 48.5 Å². The predicted molar refractivity (Wildman–Crippen MR) is 110 cm³/mol. The molecule has 0 radical (unpaired) electrons. The molecule has 0 amide bonds. The number of hydrogen-bond donors (Lipinski definition) is 1. The summed E-state index contributed by atoms with van der Waals surface area (Å²) in [6.45, 7) is 2.93. The van der Waals surface area contributed by atoms with Crippen LogP contribution in [-0.4, -0.2) is 53.3 Å². The fraction of sp³-hybridized carbons (Fsp3) is 0.545. The first-order chi connectivity index (χ1) is 14.2. The number of phenols is 1. The van der Waals surface area contributed by atoms with Crippen molar-refractivity contribution in [3.8, 4) is 17.2 Å². The summed E-state index contributed by atoms with van der Waals surface area (Å²) in [5.74, 6) is 1.85. The SMILES string of the molecule is COc1cc(CN2[C@@H]3CC[C@@H]2c2cnc(N4CCCC4)nc2C3)cc(OC)c1O. The quantitative estimate of drug-likeness (QED) is 0.833. The number of hydrogen-bond acceptors (Lipinski definition) is 7. The fourth-order valence-electron chi connectivity index (χ4n) is 5.13. The zero-order chi connectivity index (χ0) is 20.0. The minimum atomic E-state index is 0.0496. The van der Waals surface area contributed by atoms with Crippen molar-refractivity contribution in [1.29, 1.82) is 0 Å². The van der Waals surface area contributed by atoms with Gasteiger partial charge in [0, 0.05) is 49.9 Å². The molecule has 2 bridgehead atoms. The number of aromatic hydroxyl groups is 1. The minimum absolute atomic E-state index is 0.0496. The van der Waals surface area contributed by atoms with Gasteiger partial charge in [0.15, 0.2) is 11.5 Å². The first-order valence-corrected chi connectivity index (χ1v) is 10.5. The standard InChI is InChI=1S/C22H28N4O3/c1-28-19-9-14(10-20(29-2)21(19)27)13-26-15-5-6-18(26)16-12-23-22(24-17(16)11-15)25-7-3-4-8-25/h9-10,12,15,18,27H,3-8,11,13H2,1-2H3/t15-,18-/m1/s1. The number of anilines is 1. The number of benzene rings is 1. The highest BCUT2D eigenvalue weighted by atomic mass is 16.5. The number of nitrogens with zero attached hydrogens (tertiary/aromatic N) is 4. The van der Waals surface area contributed by atoms with E-state index < -0.39 is 0 Å². The van der Waals surface area contributed by atoms with Crippen LogP contribution in [0, 0.1) is 0 Å². The summed E-state index contributed by atoms with van der Waals surface area (Å²) in [7, 11) is 3.13. The van der Waals surface area contributed by atoms with Crippen molar-refractivity contribution in [2.75, 3.05) is 32.2 Å². The van der Waals surface area contributed by atoms with Gasteiger partial charge in [-0.3, -0.25) is 4.90 Å². The topological polar surface area (TPSA) is 71.0 Å². The Hall–Kier alpha value is -2.54. The highest BCUT2D eigenvalue weighted by Gasteiger charge is 2.41. The summed E-state index contributed by atoms with van der Waals surface area (Å²) in [6, 6.07) is 4.64. The Morgan fingerprint density at radius 1 is 1.10 bits per heavy atom. The maximum atomic E-state index is 10.2. The molecule has 1 aromatic carbocycles. The highest BCUT2D eigenvalue weighted by molar-refractivity contribution is 5.53. The fourth-order valence-corrected chi connectivity index (χ4v) is 5.13. The highest BCUT2D eigenvalue weighted by Crippen LogP contribution is 2.45. The lowest BCUT2D eigenvalue weighted by Gasteiger charge is -2.36. The zero-order valence-corrected chi connectivity index (χ0v) is 17.1. The molecular formula is C22H28N4O3. The lowest BCUT2D eigenvalue weighted by molar-refractivity contribution is 0.165. The molecule has 2 fully saturated rings. The molecule has 0 aliphatic carbocycles. The van der Waals surface area contributed by atoms with Crippen LogP contribution >= 0.6 is 0 Å². The Morgan fingerprint density at radius 2 is 1.83 bits per heavy atom. The molecule has 154 valence electrons. The molecule has 3 aliphatic rings. The Kier molecular flexibility index (Phi) is 4.70. The molecule has 0 spiro atoms. The van der Waals surface area contributed by atoms with E-state index in [9.17, 15) is 5.11 Å². The number of phenolic OH excluding ortho intramolecular Hbond substituents is 1. The van der Waals surface area contributed by atoms with Crippen LogP contribution in [0.4, 0.5) is 5.95 Å². The number of aromatic nitrogens is 2. The van der Waals surface area contributed by atoms with Crippen molar-refractivity contribution >= 4 is 5.95 Å². The van der Waals surface area contributed by atoms with Crippen LogP contribution in [0.3, 0.4) is 0 Å². The number of rotatable bonds is 5. The molecule has 5 rings (SSSR count). The van der Waals surface area contributed by atoms with E-state index in [0.29, 0.717) is 23.6 Å². The molecule has 0 saturated carbocycles. The summed E-state index contributed by atoms with van der Waals surface area (Å²) < 4.78 is 10.7. The van der Waals surface area contributed by atoms with Gasteiger partial charge in [0.1, 0.15) is 0 Å². The number of fused-ring (bicyclic) bond motifs is 4. The number of ether oxygens (including phenoxy) is 2. The Labute approximate surface area is 171 Å². The van der Waals surface area contributed by atoms with Gasteiger partial charge in [-0.25, -0.2) is 9.97 Å². The maximum absolute atomic E-state index is 10.2. The Balaban J connectivity index is 1.41. The predicted octanol–water partition coefficient (Wildman–Crippen LogP) is 3.06. The van der Waals surface area contributed by atoms with Crippen LogP contribution in [-0.2, 0) is 13.0 Å². The van der Waals surface area contributed by atoms with Crippen molar-refractivity contribution in [2.24, 2.45) is 0 Å². The normalized spacial score (nSPS) is 23.3. The van der Waals surface area contributed by atoms with Crippen molar-refractivity contribution in [1.82, 2.24) is 14.9 Å². The van der Waals surface area contributed by atoms with Crippen molar-refractivity contribution in [3.63, 3.8) is 0 Å². The molecule has 3 aliphatic heterocycles. The van der Waals surface area contributed by atoms with Crippen LogP contribution in [0.2, 0.25) is 0 Å². The molecular weight excluding hydrogens is 368 g/mol. The lowest BCUT2D eigenvalue weighted by Crippen LogP contribution is -2.38. The first kappa shape index (κ1) is 18.5. The van der Waals surface area contributed by atoms with E-state index in [4.69, 9.17) is 19.4 Å². The molecule has 2 aromatic rings. The van der Waals surface area contributed by atoms with Gasteiger partial charge in [-0.15, -0.1) is 0 Å². The third kappa shape index (κ3) is 3.17. The van der Waals surface area contributed by atoms with Crippen LogP contribution in [0.5, 0.6) is 17.2 Å². The monoisotopic (exact) mass is 396 g/mol. The van der Waals surface area contributed by atoms with E-state index in [2.05, 4.69) is 16.0 Å². The van der Waals surface area contributed by atoms with E-state index in [1.54, 1.807) is 14.2 Å². The van der Waals surface area contributed by atoms with Gasteiger partial charge >= 0.3 is 0 Å². The van der Waals surface area contributed by atoms with Crippen LogP contribution < -0.4 is 14.4 Å². The summed E-state index contributed by atoms with van der Waals surface area (Å²) in [5, 5.41) is 10.2. The van der Waals surface area contributed by atoms with Gasteiger partial charge < -0.3 is 19.5 Å². The van der Waals surface area contributed by atoms with E-state index in [0.717, 1.165) is 44.0 Å². The third-order valence-electron chi connectivity index (χ3n) is 6.61. The van der Waals surface area contributed by atoms with E-state index in [1.807, 2.05) is 12.1 Å². The Morgan fingerprint density at radius 3 is 2.52 bits per heavy atom. The number of methoxy groups -OCH3 is 2. The van der Waals surface area contributed by atoms with E-state index in [1.165, 1.54) is 30.5 Å². The second-order valence-electron chi connectivity index (χ2n) is 8.24. The van der Waals surface area contributed by atoms with Gasteiger partial charge in [0.25, 0.3) is 0 Å². The first-order valence-electron chi connectivity index (χ1n) is 10.5. The summed E-state index contributed by atoms with van der Waals surface area (Å²) in [5.41, 5.74) is 3.58. The van der Waals surface area contributed by atoms with Crippen molar-refractivity contribution < 1.29 is 14.6 Å². The average Bonchev–Trinajstić information content (AvgIpc) is 3.36. The molecule has 1 N–H and O–H groups in total. The van der Waals surface area contributed by atoms with Crippen LogP contribution in [0.15, 0.2) is 18.3 Å². The average molecular weight is 396 g/mol. The Bertz CT molecular complexity index is 888. The third-order valence-corrected chi connectivity index (χ3v) is 6.61. The minimum Gasteiger partial charge on any atom is -0.502 e. The molecule has 4 heterocycles. The second-order valence-corrected chi connectivity index (χ2v) is 8.24. The van der Waals surface area contributed by atoms with Gasteiger partial charge in [-0.05, 0) is 43.4 Å². The second kappa shape index (κ2) is 7.37. The smallest absolute Gasteiger partial charge is 0.225 e. The molecule has 0 unspecified atom stereocenters. The molecule has 2 saturated heterocycles. The van der Waals surface area contributed by atoms with E-state index in [-0.39, 0.29) is 5.75 Å².